The van der Waals surface area contributed by atoms with E-state index in [-0.39, 0.29) is 0 Å². The average molecular weight is 337 g/mol. The highest BCUT2D eigenvalue weighted by Crippen LogP contribution is 2.38. The van der Waals surface area contributed by atoms with Gasteiger partial charge < -0.3 is 0 Å². The molecule has 0 saturated carbocycles. The summed E-state index contributed by atoms with van der Waals surface area (Å²) in [7, 11) is 0. The average Bonchev–Trinajstić information content (AvgIpc) is 3.02. The van der Waals surface area contributed by atoms with Crippen LogP contribution in [0.25, 0.3) is 10.2 Å². The summed E-state index contributed by atoms with van der Waals surface area (Å²) in [5, 5.41) is 8.27. The van der Waals surface area contributed by atoms with Crippen molar-refractivity contribution in [1.29, 1.82) is 0 Å². The van der Waals surface area contributed by atoms with Gasteiger partial charge in [0, 0.05) is 4.88 Å². The minimum absolute atomic E-state index is 0.405. The summed E-state index contributed by atoms with van der Waals surface area (Å²) >= 11 is 1.76. The summed E-state index contributed by atoms with van der Waals surface area (Å²) in [6.07, 6.45) is 7.96. The highest BCUT2D eigenvalue weighted by Gasteiger charge is 2.19. The summed E-state index contributed by atoms with van der Waals surface area (Å²) in [6, 6.07) is 6.91. The molecule has 2 heterocycles. The highest BCUT2D eigenvalue weighted by atomic mass is 32.1. The third-order valence-corrected chi connectivity index (χ3v) is 5.33. The van der Waals surface area contributed by atoms with E-state index in [1.807, 2.05) is 0 Å². The zero-order valence-corrected chi connectivity index (χ0v) is 13.7. The van der Waals surface area contributed by atoms with Gasteiger partial charge in [-0.1, -0.05) is 12.1 Å². The Bertz CT molecular complexity index is 917. The predicted octanol–water partition coefficient (Wildman–Crippen LogP) is 4.41. The molecule has 7 heteroatoms. The molecular weight excluding hydrogens is 322 g/mol. The first kappa shape index (κ1) is 14.9. The van der Waals surface area contributed by atoms with Crippen molar-refractivity contribution in [2.75, 3.05) is 5.43 Å². The fourth-order valence-corrected chi connectivity index (χ4v) is 4.19. The monoisotopic (exact) mass is 337 g/mol. The van der Waals surface area contributed by atoms with Gasteiger partial charge in [-0.3, -0.25) is 5.43 Å². The molecule has 1 aromatic carbocycles. The van der Waals surface area contributed by atoms with Gasteiger partial charge in [0.2, 0.25) is 0 Å². The van der Waals surface area contributed by atoms with Crippen LogP contribution in [0, 0.1) is 4.91 Å². The third-order valence-electron chi connectivity index (χ3n) is 4.13. The van der Waals surface area contributed by atoms with Crippen LogP contribution in [-0.2, 0) is 12.8 Å². The number of benzene rings is 1. The van der Waals surface area contributed by atoms with Crippen LogP contribution >= 0.6 is 11.3 Å². The lowest BCUT2D eigenvalue weighted by atomic mass is 9.97. The highest BCUT2D eigenvalue weighted by molar-refractivity contribution is 7.19. The Morgan fingerprint density at radius 2 is 1.96 bits per heavy atom. The van der Waals surface area contributed by atoms with Crippen LogP contribution < -0.4 is 5.43 Å². The van der Waals surface area contributed by atoms with Crippen molar-refractivity contribution in [2.45, 2.75) is 25.7 Å². The van der Waals surface area contributed by atoms with E-state index in [2.05, 4.69) is 25.7 Å². The van der Waals surface area contributed by atoms with Gasteiger partial charge in [-0.15, -0.1) is 16.2 Å². The Kier molecular flexibility index (Phi) is 4.00. The van der Waals surface area contributed by atoms with Gasteiger partial charge in [-0.2, -0.15) is 5.10 Å². The van der Waals surface area contributed by atoms with Gasteiger partial charge in [0.25, 0.3) is 0 Å². The topological polar surface area (TPSA) is 79.6 Å². The second-order valence-electron chi connectivity index (χ2n) is 5.67. The Hall–Kier alpha value is -2.67. The smallest absolute Gasteiger partial charge is 0.158 e. The number of nitrogens with zero attached hydrogens (tertiary/aromatic N) is 4. The second kappa shape index (κ2) is 6.45. The van der Waals surface area contributed by atoms with Gasteiger partial charge in [0.1, 0.15) is 16.8 Å². The van der Waals surface area contributed by atoms with Crippen molar-refractivity contribution < 1.29 is 0 Å². The minimum Gasteiger partial charge on any atom is -0.261 e. The van der Waals surface area contributed by atoms with Crippen LogP contribution in [0.2, 0.25) is 0 Å². The molecule has 0 aliphatic heterocycles. The maximum Gasteiger partial charge on any atom is 0.158 e. The van der Waals surface area contributed by atoms with Crippen molar-refractivity contribution >= 4 is 39.3 Å². The summed E-state index contributed by atoms with van der Waals surface area (Å²) in [6.45, 7) is 0. The molecule has 0 atom stereocenters. The van der Waals surface area contributed by atoms with Crippen LogP contribution in [0.3, 0.4) is 0 Å². The molecule has 0 spiro atoms. The number of nitroso groups, excluding NO2 is 1. The third kappa shape index (κ3) is 2.78. The number of hydrogen-bond acceptors (Lipinski definition) is 7. The van der Waals surface area contributed by atoms with E-state index in [4.69, 9.17) is 0 Å². The zero-order valence-electron chi connectivity index (χ0n) is 12.9. The van der Waals surface area contributed by atoms with Gasteiger partial charge >= 0.3 is 0 Å². The number of thiophene rings is 1. The number of fused-ring (bicyclic) bond motifs is 3. The van der Waals surface area contributed by atoms with Gasteiger partial charge in [-0.25, -0.2) is 9.97 Å². The molecule has 1 N–H and O–H groups in total. The van der Waals surface area contributed by atoms with Gasteiger partial charge in [0.05, 0.1) is 11.6 Å². The van der Waals surface area contributed by atoms with Crippen molar-refractivity contribution in [3.05, 3.63) is 51.5 Å². The zero-order chi connectivity index (χ0) is 16.4. The molecule has 0 saturated heterocycles. The molecule has 0 bridgehead atoms. The normalized spacial score (nSPS) is 14.0. The molecule has 1 aliphatic rings. The first-order valence-corrected chi connectivity index (χ1v) is 8.64. The molecule has 2 aromatic heterocycles. The van der Waals surface area contributed by atoms with E-state index in [1.54, 1.807) is 48.1 Å². The predicted molar refractivity (Wildman–Crippen MR) is 97.2 cm³/mol. The van der Waals surface area contributed by atoms with E-state index in [9.17, 15) is 4.91 Å². The Labute approximate surface area is 142 Å². The molecule has 24 heavy (non-hydrogen) atoms. The molecule has 6 nitrogen and oxygen atoms in total. The number of nitrogens with one attached hydrogen (secondary N) is 1. The van der Waals surface area contributed by atoms with Crippen LogP contribution in [0.15, 0.2) is 40.9 Å². The SMILES string of the molecule is O=Nc1ccc(/C=N\Nc2ncnc3sc4c(c23)CCCC4)cc1. The largest absolute Gasteiger partial charge is 0.261 e. The number of hydrazone groups is 1. The van der Waals surface area contributed by atoms with E-state index in [0.29, 0.717) is 5.69 Å². The first-order valence-electron chi connectivity index (χ1n) is 7.83. The molecule has 0 unspecified atom stereocenters. The van der Waals surface area contributed by atoms with E-state index in [0.717, 1.165) is 34.4 Å². The molecule has 0 radical (unpaired) electrons. The van der Waals surface area contributed by atoms with Crippen LogP contribution in [-0.4, -0.2) is 16.2 Å². The Balaban J connectivity index is 1.61. The van der Waals surface area contributed by atoms with Gasteiger partial charge in [0.15, 0.2) is 5.82 Å². The number of aryl methyl sites for hydroxylation is 2. The summed E-state index contributed by atoms with van der Waals surface area (Å²) in [5.74, 6) is 0.752. The lowest BCUT2D eigenvalue weighted by molar-refractivity contribution is 0.700. The first-order chi connectivity index (χ1) is 11.8. The summed E-state index contributed by atoms with van der Waals surface area (Å²) in [4.78, 5) is 21.6. The number of hydrogen-bond donors (Lipinski definition) is 1. The van der Waals surface area contributed by atoms with Gasteiger partial charge in [-0.05, 0) is 54.1 Å². The fraction of sp³-hybridized carbons (Fsp3) is 0.235. The summed E-state index contributed by atoms with van der Waals surface area (Å²) < 4.78 is 0. The molecule has 0 amide bonds. The van der Waals surface area contributed by atoms with E-state index in [1.165, 1.54) is 23.3 Å². The molecule has 1 aliphatic carbocycles. The molecule has 4 rings (SSSR count). The Morgan fingerprint density at radius 1 is 1.12 bits per heavy atom. The molecule has 120 valence electrons. The van der Waals surface area contributed by atoms with Crippen LogP contribution in [0.4, 0.5) is 11.5 Å². The van der Waals surface area contributed by atoms with Crippen LogP contribution in [0.1, 0.15) is 28.8 Å². The molecular formula is C17H15N5OS. The lowest BCUT2D eigenvalue weighted by Gasteiger charge is -2.11. The Morgan fingerprint density at radius 3 is 2.79 bits per heavy atom. The second-order valence-corrected chi connectivity index (χ2v) is 6.75. The standard InChI is InChI=1S/C17H15N5OS/c23-22-12-7-5-11(6-8-12)9-20-21-16-15-13-3-1-2-4-14(13)24-17(15)19-10-18-16/h5-10H,1-4H2,(H,18,19,21)/b20-9-. The van der Waals surface area contributed by atoms with E-state index >= 15 is 0 Å². The maximum atomic E-state index is 10.4. The van der Waals surface area contributed by atoms with Crippen LogP contribution in [0.5, 0.6) is 0 Å². The number of anilines is 1. The molecule has 0 fully saturated rings. The minimum atomic E-state index is 0.405. The van der Waals surface area contributed by atoms with Crippen molar-refractivity contribution in [3.63, 3.8) is 0 Å². The lowest BCUT2D eigenvalue weighted by Crippen LogP contribution is -2.00. The summed E-state index contributed by atoms with van der Waals surface area (Å²) in [5.41, 5.74) is 5.70. The van der Waals surface area contributed by atoms with Crippen molar-refractivity contribution in [1.82, 2.24) is 9.97 Å². The van der Waals surface area contributed by atoms with Crippen molar-refractivity contribution in [2.24, 2.45) is 10.3 Å². The maximum absolute atomic E-state index is 10.4. The molecule has 3 aromatic rings. The van der Waals surface area contributed by atoms with Crippen molar-refractivity contribution in [3.8, 4) is 0 Å². The number of aromatic nitrogens is 2. The number of rotatable bonds is 4. The fourth-order valence-electron chi connectivity index (χ4n) is 2.96. The van der Waals surface area contributed by atoms with E-state index < -0.39 is 0 Å². The quantitative estimate of drug-likeness (QED) is 0.434.